The average Bonchev–Trinajstić information content (AvgIpc) is 4.18. The van der Waals surface area contributed by atoms with Crippen molar-refractivity contribution < 1.29 is 57.1 Å². The number of amides is 4. The number of carbonyl (C=O) groups excluding carboxylic acids is 4. The maximum Gasteiger partial charge on any atom is 0.416 e. The van der Waals surface area contributed by atoms with Gasteiger partial charge in [0.25, 0.3) is 11.8 Å². The predicted molar refractivity (Wildman–Crippen MR) is 300 cm³/mol. The molecule has 1 N–H and O–H groups in total. The van der Waals surface area contributed by atoms with Crippen LogP contribution in [0.1, 0.15) is 104 Å². The molecule has 4 atom stereocenters. The molecule has 0 aliphatic carbocycles. The van der Waals surface area contributed by atoms with E-state index < -0.39 is 55.1 Å². The normalized spacial score (nSPS) is 19.3. The first-order valence-corrected chi connectivity index (χ1v) is 29.8. The molecule has 4 amide bonds. The lowest BCUT2D eigenvalue weighted by atomic mass is 9.97. The second-order valence-electron chi connectivity index (χ2n) is 21.1. The van der Waals surface area contributed by atoms with Crippen molar-refractivity contribution in [3.05, 3.63) is 113 Å². The van der Waals surface area contributed by atoms with Gasteiger partial charge in [0.1, 0.15) is 12.4 Å². The zero-order valence-corrected chi connectivity index (χ0v) is 48.4. The fourth-order valence-electron chi connectivity index (χ4n) is 9.76. The molecule has 4 heterocycles. The van der Waals surface area contributed by atoms with Gasteiger partial charge in [-0.25, -0.2) is 14.5 Å². The molecule has 0 radical (unpaired) electrons. The van der Waals surface area contributed by atoms with E-state index in [-0.39, 0.29) is 70.9 Å². The second-order valence-corrected chi connectivity index (χ2v) is 28.4. The van der Waals surface area contributed by atoms with Gasteiger partial charge in [0, 0.05) is 24.5 Å². The Morgan fingerprint density at radius 1 is 0.688 bits per heavy atom. The van der Waals surface area contributed by atoms with Crippen molar-refractivity contribution in [1.82, 2.24) is 9.80 Å². The Hall–Kier alpha value is -6.11. The van der Waals surface area contributed by atoms with Crippen LogP contribution in [0.15, 0.2) is 85.2 Å². The molecule has 0 bridgehead atoms. The van der Waals surface area contributed by atoms with E-state index in [1.165, 1.54) is 19.1 Å². The SMILES string of the molecule is CCOC(=O)N1c2cc(OCCCCCOc3cc4c(cc3OC)C(=O)N3C=C(c5ccc(O)cc5)C[C@H]3[C@H](O[Si](C)(C)C(C)(C)C)N4C(=O)OCC(Cl)(Cl)Cl)c(OC)cc2C(=O)N2C=C(c3ccc(C)cc3)C[C@H]2[C@@H]1C. The summed E-state index contributed by atoms with van der Waals surface area (Å²) in [5.41, 5.74) is 5.64. The van der Waals surface area contributed by atoms with Crippen LogP contribution in [0.3, 0.4) is 0 Å². The lowest BCUT2D eigenvalue weighted by molar-refractivity contribution is 0.0585. The highest BCUT2D eigenvalue weighted by Gasteiger charge is 2.52. The van der Waals surface area contributed by atoms with E-state index in [1.54, 1.807) is 76.4 Å². The maximum atomic E-state index is 14.9. The van der Waals surface area contributed by atoms with Gasteiger partial charge in [-0.05, 0) is 118 Å². The number of ether oxygens (including phenoxy) is 6. The quantitative estimate of drug-likeness (QED) is 0.0642. The zero-order chi connectivity index (χ0) is 55.7. The van der Waals surface area contributed by atoms with Gasteiger partial charge < -0.3 is 47.8 Å². The molecule has 4 aromatic rings. The second kappa shape index (κ2) is 23.1. The van der Waals surface area contributed by atoms with Gasteiger partial charge in [0.15, 0.2) is 37.5 Å². The zero-order valence-electron chi connectivity index (χ0n) is 45.1. The number of benzene rings is 4. The van der Waals surface area contributed by atoms with E-state index in [1.807, 2.05) is 44.3 Å². The van der Waals surface area contributed by atoms with Crippen LogP contribution in [0, 0.1) is 6.92 Å². The molecular formula is C57H67Cl3N4O12Si. The van der Waals surface area contributed by atoms with Crippen LogP contribution in [-0.2, 0) is 13.9 Å². The molecule has 0 saturated heterocycles. The van der Waals surface area contributed by atoms with E-state index in [9.17, 15) is 24.3 Å². The lowest BCUT2D eigenvalue weighted by Gasteiger charge is -2.44. The number of aromatic hydroxyl groups is 1. The Bertz CT molecular complexity index is 2940. The third-order valence-corrected chi connectivity index (χ3v) is 19.7. The van der Waals surface area contributed by atoms with E-state index in [0.717, 1.165) is 27.8 Å². The van der Waals surface area contributed by atoms with Crippen molar-refractivity contribution in [1.29, 1.82) is 0 Å². The molecule has 77 heavy (non-hydrogen) atoms. The third-order valence-electron chi connectivity index (χ3n) is 14.9. The van der Waals surface area contributed by atoms with Crippen molar-refractivity contribution in [2.24, 2.45) is 0 Å². The summed E-state index contributed by atoms with van der Waals surface area (Å²) in [5.74, 6) is 0.615. The molecule has 0 fully saturated rings. The fourth-order valence-corrected chi connectivity index (χ4v) is 11.1. The Labute approximate surface area is 466 Å². The first kappa shape index (κ1) is 57.1. The van der Waals surface area contributed by atoms with Crippen LogP contribution in [0.4, 0.5) is 21.0 Å². The topological polar surface area (TPSA) is 166 Å². The number of phenols is 1. The summed E-state index contributed by atoms with van der Waals surface area (Å²) in [6.45, 7) is 16.1. The first-order chi connectivity index (χ1) is 36.4. The average molecular weight is 1130 g/mol. The lowest BCUT2D eigenvalue weighted by Crippen LogP contribution is -2.58. The Morgan fingerprint density at radius 3 is 1.66 bits per heavy atom. The summed E-state index contributed by atoms with van der Waals surface area (Å²) < 4.78 is 40.8. The first-order valence-electron chi connectivity index (χ1n) is 25.7. The number of alkyl halides is 3. The van der Waals surface area contributed by atoms with Crippen molar-refractivity contribution in [3.8, 4) is 28.7 Å². The van der Waals surface area contributed by atoms with Gasteiger partial charge in [-0.15, -0.1) is 0 Å². The van der Waals surface area contributed by atoms with Gasteiger partial charge in [-0.2, -0.15) is 0 Å². The Morgan fingerprint density at radius 2 is 1.17 bits per heavy atom. The number of halogens is 3. The van der Waals surface area contributed by atoms with Gasteiger partial charge in [-0.1, -0.05) is 97.5 Å². The van der Waals surface area contributed by atoms with Crippen molar-refractivity contribution >= 4 is 89.6 Å². The van der Waals surface area contributed by atoms with Crippen LogP contribution in [-0.4, -0.2) is 116 Å². The molecular weight excluding hydrogens is 1070 g/mol. The summed E-state index contributed by atoms with van der Waals surface area (Å²) in [6.07, 6.45) is 3.72. The number of fused-ring (bicyclic) bond motifs is 4. The Kier molecular flexibility index (Phi) is 17.1. The standard InChI is InChI=1S/C57H67Cl3N4O12Si/c1-11-72-54(68)63-35(3)43-25-38(36-17-15-34(2)16-18-36)31-61(43)51(66)41-27-47(70-7)49(29-44(41)63)73-23-13-12-14-24-74-50-30-45-42(28-48(50)71-8)52(67)62-32-39(37-19-21-40(65)22-20-37)26-46(62)53(76-77(9,10)56(4,5)6)64(45)55(69)75-33-57(58,59)60/h15-22,27-32,35,43,46,53,65H,11-14,23-26,33H2,1-10H3/t35-,43-,46-,53-/m0/s1. The number of anilines is 2. The molecule has 8 rings (SSSR count). The molecule has 0 unspecified atom stereocenters. The van der Waals surface area contributed by atoms with Crippen molar-refractivity contribution in [2.45, 2.75) is 120 Å². The molecule has 0 aromatic heterocycles. The van der Waals surface area contributed by atoms with Crippen LogP contribution in [0.5, 0.6) is 28.7 Å². The number of methoxy groups -OCH3 is 2. The molecule has 4 aliphatic rings. The van der Waals surface area contributed by atoms with Gasteiger partial charge in [-0.3, -0.25) is 14.5 Å². The van der Waals surface area contributed by atoms with Crippen LogP contribution < -0.4 is 28.7 Å². The summed E-state index contributed by atoms with van der Waals surface area (Å²) in [7, 11) is 0.223. The number of unbranched alkanes of at least 4 members (excludes halogenated alkanes) is 2. The number of hydrogen-bond acceptors (Lipinski definition) is 12. The van der Waals surface area contributed by atoms with Gasteiger partial charge in [0.05, 0.1) is 74.7 Å². The molecule has 0 spiro atoms. The number of aryl methyl sites for hydroxylation is 1. The van der Waals surface area contributed by atoms with E-state index >= 15 is 0 Å². The minimum Gasteiger partial charge on any atom is -0.508 e. The van der Waals surface area contributed by atoms with Gasteiger partial charge >= 0.3 is 12.2 Å². The number of hydrogen-bond donors (Lipinski definition) is 1. The molecule has 0 saturated carbocycles. The highest BCUT2D eigenvalue weighted by Crippen LogP contribution is 2.48. The van der Waals surface area contributed by atoms with Crippen LogP contribution in [0.25, 0.3) is 11.1 Å². The van der Waals surface area contributed by atoms with Gasteiger partial charge in [0.2, 0.25) is 3.79 Å². The number of rotatable bonds is 16. The van der Waals surface area contributed by atoms with Crippen LogP contribution in [0.2, 0.25) is 18.1 Å². The fraction of sp³-hybridized carbons (Fsp3) is 0.439. The minimum absolute atomic E-state index is 0.0961. The number of phenolic OH excluding ortho intramolecular Hbond substituents is 1. The van der Waals surface area contributed by atoms with E-state index in [4.69, 9.17) is 67.7 Å². The highest BCUT2D eigenvalue weighted by atomic mass is 35.6. The maximum absolute atomic E-state index is 14.9. The highest BCUT2D eigenvalue weighted by molar-refractivity contribution is 6.74. The smallest absolute Gasteiger partial charge is 0.416 e. The molecule has 20 heteroatoms. The molecule has 412 valence electrons. The molecule has 16 nitrogen and oxygen atoms in total. The number of nitrogens with zero attached hydrogens (tertiary/aromatic N) is 4. The minimum atomic E-state index is -2.75. The van der Waals surface area contributed by atoms with E-state index in [0.29, 0.717) is 49.3 Å². The molecule has 4 aromatic carbocycles. The Balaban J connectivity index is 1.02. The van der Waals surface area contributed by atoms with E-state index in [2.05, 4.69) is 33.9 Å². The molecule has 4 aliphatic heterocycles. The van der Waals surface area contributed by atoms with Crippen LogP contribution >= 0.6 is 34.8 Å². The summed E-state index contributed by atoms with van der Waals surface area (Å²) >= 11 is 18.4. The predicted octanol–water partition coefficient (Wildman–Crippen LogP) is 12.9. The number of carbonyl (C=O) groups is 4. The third kappa shape index (κ3) is 12.1. The summed E-state index contributed by atoms with van der Waals surface area (Å²) in [4.78, 5) is 63.9. The van der Waals surface area contributed by atoms with Crippen molar-refractivity contribution in [3.63, 3.8) is 0 Å². The monoisotopic (exact) mass is 1130 g/mol. The van der Waals surface area contributed by atoms with Crippen molar-refractivity contribution in [2.75, 3.05) is 50.4 Å². The summed E-state index contributed by atoms with van der Waals surface area (Å²) in [5, 5.41) is 9.74. The summed E-state index contributed by atoms with van der Waals surface area (Å²) in [6, 6.07) is 19.7. The largest absolute Gasteiger partial charge is 0.508 e.